The van der Waals surface area contributed by atoms with Crippen molar-refractivity contribution in [2.75, 3.05) is 14.1 Å². The first-order valence-electron chi connectivity index (χ1n) is 4.23. The van der Waals surface area contributed by atoms with Crippen LogP contribution in [-0.4, -0.2) is 24.1 Å². The van der Waals surface area contributed by atoms with Crippen LogP contribution in [0.2, 0.25) is 0 Å². The van der Waals surface area contributed by atoms with E-state index in [1.54, 1.807) is 6.08 Å². The smallest absolute Gasteiger partial charge is 0.127 e. The van der Waals surface area contributed by atoms with Crippen molar-refractivity contribution in [2.24, 2.45) is 0 Å². The van der Waals surface area contributed by atoms with Crippen LogP contribution in [0.3, 0.4) is 0 Å². The van der Waals surface area contributed by atoms with E-state index in [4.69, 9.17) is 0 Å². The molecule has 0 heterocycles. The average Bonchev–Trinajstić information content (AvgIpc) is 2.08. The fourth-order valence-corrected chi connectivity index (χ4v) is 1.24. The number of benzene rings is 1. The summed E-state index contributed by atoms with van der Waals surface area (Å²) >= 11 is 0. The highest BCUT2D eigenvalue weighted by Crippen LogP contribution is 2.23. The first-order chi connectivity index (χ1) is 6.15. The Morgan fingerprint density at radius 3 is 2.69 bits per heavy atom. The van der Waals surface area contributed by atoms with Crippen LogP contribution >= 0.6 is 0 Å². The number of hydrogen-bond donors (Lipinski definition) is 1. The summed E-state index contributed by atoms with van der Waals surface area (Å²) in [6.45, 7) is 4.38. The van der Waals surface area contributed by atoms with Crippen LogP contribution in [0, 0.1) is 0 Å². The first kappa shape index (κ1) is 9.81. The van der Waals surface area contributed by atoms with E-state index >= 15 is 0 Å². The molecule has 0 radical (unpaired) electrons. The average molecular weight is 177 g/mol. The van der Waals surface area contributed by atoms with Crippen molar-refractivity contribution in [2.45, 2.75) is 6.54 Å². The molecular weight excluding hydrogens is 162 g/mol. The Hall–Kier alpha value is -1.28. The number of hydrogen-bond acceptors (Lipinski definition) is 2. The molecule has 70 valence electrons. The van der Waals surface area contributed by atoms with Crippen LogP contribution in [0.4, 0.5) is 0 Å². The monoisotopic (exact) mass is 177 g/mol. The molecule has 0 bridgehead atoms. The predicted octanol–water partition coefficient (Wildman–Crippen LogP) is 2.10. The lowest BCUT2D eigenvalue weighted by Crippen LogP contribution is -2.10. The molecule has 13 heavy (non-hydrogen) atoms. The Morgan fingerprint density at radius 2 is 2.15 bits per heavy atom. The normalized spacial score (nSPS) is 10.4. The number of phenolic OH excluding ortho intramolecular Hbond substituents is 1. The van der Waals surface area contributed by atoms with Gasteiger partial charge in [-0.15, -0.1) is 0 Å². The van der Waals surface area contributed by atoms with Crippen LogP contribution < -0.4 is 0 Å². The van der Waals surface area contributed by atoms with E-state index in [-0.39, 0.29) is 0 Å². The highest BCUT2D eigenvalue weighted by molar-refractivity contribution is 5.57. The predicted molar refractivity (Wildman–Crippen MR) is 55.6 cm³/mol. The van der Waals surface area contributed by atoms with E-state index in [1.807, 2.05) is 37.2 Å². The van der Waals surface area contributed by atoms with Crippen molar-refractivity contribution in [3.63, 3.8) is 0 Å². The Balaban J connectivity index is 3.01. The van der Waals surface area contributed by atoms with E-state index < -0.39 is 0 Å². The molecule has 0 atom stereocenters. The van der Waals surface area contributed by atoms with E-state index in [9.17, 15) is 5.11 Å². The SMILES string of the molecule is C=Cc1cccc(CN(C)C)c1O. The minimum Gasteiger partial charge on any atom is -0.507 e. The number of rotatable bonds is 3. The molecule has 0 unspecified atom stereocenters. The Morgan fingerprint density at radius 1 is 1.46 bits per heavy atom. The summed E-state index contributed by atoms with van der Waals surface area (Å²) < 4.78 is 0. The van der Waals surface area contributed by atoms with Crippen molar-refractivity contribution in [1.29, 1.82) is 0 Å². The van der Waals surface area contributed by atoms with Crippen LogP contribution in [0.1, 0.15) is 11.1 Å². The fourth-order valence-electron chi connectivity index (χ4n) is 1.24. The lowest BCUT2D eigenvalue weighted by molar-refractivity contribution is 0.385. The minimum atomic E-state index is 0.339. The maximum absolute atomic E-state index is 9.74. The summed E-state index contributed by atoms with van der Waals surface area (Å²) in [5, 5.41) is 9.74. The molecule has 0 aliphatic rings. The maximum Gasteiger partial charge on any atom is 0.127 e. The third-order valence-electron chi connectivity index (χ3n) is 1.86. The molecule has 0 saturated carbocycles. The molecule has 0 spiro atoms. The second-order valence-corrected chi connectivity index (χ2v) is 3.30. The summed E-state index contributed by atoms with van der Waals surface area (Å²) in [4.78, 5) is 2.02. The lowest BCUT2D eigenvalue weighted by atomic mass is 10.1. The molecule has 0 saturated heterocycles. The fraction of sp³-hybridized carbons (Fsp3) is 0.273. The first-order valence-corrected chi connectivity index (χ1v) is 4.23. The maximum atomic E-state index is 9.74. The van der Waals surface area contributed by atoms with Crippen molar-refractivity contribution in [3.05, 3.63) is 35.9 Å². The Bertz CT molecular complexity index is 305. The van der Waals surface area contributed by atoms with Crippen molar-refractivity contribution in [3.8, 4) is 5.75 Å². The molecule has 1 aromatic rings. The summed E-state index contributed by atoms with van der Waals surface area (Å²) in [7, 11) is 3.94. The minimum absolute atomic E-state index is 0.339. The summed E-state index contributed by atoms with van der Waals surface area (Å²) in [6, 6.07) is 5.69. The standard InChI is InChI=1S/C11H15NO/c1-4-9-6-5-7-10(11(9)13)8-12(2)3/h4-7,13H,1,8H2,2-3H3. The largest absolute Gasteiger partial charge is 0.507 e. The van der Waals surface area contributed by atoms with Gasteiger partial charge in [-0.25, -0.2) is 0 Å². The zero-order chi connectivity index (χ0) is 9.84. The van der Waals surface area contributed by atoms with Gasteiger partial charge in [-0.05, 0) is 14.1 Å². The molecule has 0 amide bonds. The van der Waals surface area contributed by atoms with Crippen LogP contribution in [-0.2, 0) is 6.54 Å². The van der Waals surface area contributed by atoms with Gasteiger partial charge in [0.2, 0.25) is 0 Å². The van der Waals surface area contributed by atoms with Crippen molar-refractivity contribution in [1.82, 2.24) is 4.90 Å². The molecule has 0 aliphatic carbocycles. The van der Waals surface area contributed by atoms with E-state index in [2.05, 4.69) is 6.58 Å². The lowest BCUT2D eigenvalue weighted by Gasteiger charge is -2.12. The Kier molecular flexibility index (Phi) is 3.09. The molecule has 0 aliphatic heterocycles. The van der Waals surface area contributed by atoms with Gasteiger partial charge in [-0.2, -0.15) is 0 Å². The summed E-state index contributed by atoms with van der Waals surface area (Å²) in [5.74, 6) is 0.339. The van der Waals surface area contributed by atoms with Crippen molar-refractivity contribution >= 4 is 6.08 Å². The zero-order valence-corrected chi connectivity index (χ0v) is 8.12. The van der Waals surface area contributed by atoms with Gasteiger partial charge in [0.15, 0.2) is 0 Å². The number of aromatic hydroxyl groups is 1. The molecular formula is C11H15NO. The number of nitrogens with zero attached hydrogens (tertiary/aromatic N) is 1. The topological polar surface area (TPSA) is 23.5 Å². The van der Waals surface area contributed by atoms with Gasteiger partial charge in [-0.3, -0.25) is 0 Å². The van der Waals surface area contributed by atoms with Gasteiger partial charge in [0.25, 0.3) is 0 Å². The van der Waals surface area contributed by atoms with Crippen LogP contribution in [0.5, 0.6) is 5.75 Å². The highest BCUT2D eigenvalue weighted by atomic mass is 16.3. The molecule has 2 heteroatoms. The van der Waals surface area contributed by atoms with Gasteiger partial charge >= 0.3 is 0 Å². The van der Waals surface area contributed by atoms with Gasteiger partial charge in [0, 0.05) is 17.7 Å². The molecule has 0 aromatic heterocycles. The molecule has 1 aromatic carbocycles. The second-order valence-electron chi connectivity index (χ2n) is 3.30. The third-order valence-corrected chi connectivity index (χ3v) is 1.86. The van der Waals surface area contributed by atoms with E-state index in [0.717, 1.165) is 17.7 Å². The van der Waals surface area contributed by atoms with Crippen LogP contribution in [0.25, 0.3) is 6.08 Å². The molecule has 1 N–H and O–H groups in total. The zero-order valence-electron chi connectivity index (χ0n) is 8.12. The molecule has 2 nitrogen and oxygen atoms in total. The number of phenols is 1. The Labute approximate surface area is 79.1 Å². The van der Waals surface area contributed by atoms with Crippen LogP contribution in [0.15, 0.2) is 24.8 Å². The highest BCUT2D eigenvalue weighted by Gasteiger charge is 2.04. The van der Waals surface area contributed by atoms with Gasteiger partial charge in [0.05, 0.1) is 0 Å². The number of para-hydroxylation sites is 1. The van der Waals surface area contributed by atoms with Gasteiger partial charge < -0.3 is 10.0 Å². The molecule has 1 rings (SSSR count). The summed E-state index contributed by atoms with van der Waals surface area (Å²) in [5.41, 5.74) is 1.72. The van der Waals surface area contributed by atoms with E-state index in [1.165, 1.54) is 0 Å². The summed E-state index contributed by atoms with van der Waals surface area (Å²) in [6.07, 6.45) is 1.66. The molecule has 0 fully saturated rings. The van der Waals surface area contributed by atoms with Gasteiger partial charge in [-0.1, -0.05) is 30.9 Å². The third kappa shape index (κ3) is 2.33. The van der Waals surface area contributed by atoms with E-state index in [0.29, 0.717) is 5.75 Å². The van der Waals surface area contributed by atoms with Gasteiger partial charge in [0.1, 0.15) is 5.75 Å². The van der Waals surface area contributed by atoms with Crippen molar-refractivity contribution < 1.29 is 5.11 Å². The second kappa shape index (κ2) is 4.10. The quantitative estimate of drug-likeness (QED) is 0.764.